The second kappa shape index (κ2) is 7.69. The van der Waals surface area contributed by atoms with Crippen molar-refractivity contribution in [2.24, 2.45) is 0 Å². The SMILES string of the molecule is CCCc1cc(C(=O)N2CCc3nc(C4CCCN4C(C)=O)ncc3C2)no1. The Morgan fingerprint density at radius 3 is 2.96 bits per heavy atom. The molecule has 4 rings (SSSR count). The number of carbonyl (C=O) groups is 2. The Hall–Kier alpha value is -2.77. The van der Waals surface area contributed by atoms with Gasteiger partial charge >= 0.3 is 0 Å². The molecule has 1 fully saturated rings. The monoisotopic (exact) mass is 383 g/mol. The molecule has 1 saturated heterocycles. The molecule has 0 spiro atoms. The van der Waals surface area contributed by atoms with Crippen LogP contribution in [0.2, 0.25) is 0 Å². The van der Waals surface area contributed by atoms with Crippen LogP contribution < -0.4 is 0 Å². The lowest BCUT2D eigenvalue weighted by molar-refractivity contribution is -0.129. The van der Waals surface area contributed by atoms with Crippen LogP contribution in [0, 0.1) is 0 Å². The molecule has 148 valence electrons. The van der Waals surface area contributed by atoms with Gasteiger partial charge in [-0.15, -0.1) is 0 Å². The number of rotatable bonds is 4. The minimum absolute atomic E-state index is 0.0328. The molecule has 4 heterocycles. The molecule has 2 aromatic heterocycles. The van der Waals surface area contributed by atoms with E-state index in [4.69, 9.17) is 9.51 Å². The largest absolute Gasteiger partial charge is 0.361 e. The van der Waals surface area contributed by atoms with E-state index in [1.807, 2.05) is 4.90 Å². The lowest BCUT2D eigenvalue weighted by atomic mass is 10.1. The van der Waals surface area contributed by atoms with Gasteiger partial charge in [0, 0.05) is 57.2 Å². The Morgan fingerprint density at radius 1 is 1.32 bits per heavy atom. The number of amides is 2. The second-order valence-electron chi connectivity index (χ2n) is 7.48. The third-order valence-electron chi connectivity index (χ3n) is 5.47. The Morgan fingerprint density at radius 2 is 2.18 bits per heavy atom. The summed E-state index contributed by atoms with van der Waals surface area (Å²) in [5, 5.41) is 3.92. The van der Waals surface area contributed by atoms with Crippen LogP contribution in [0.1, 0.15) is 72.5 Å². The predicted octanol–water partition coefficient (Wildman–Crippen LogP) is 2.30. The molecule has 2 aliphatic rings. The highest BCUT2D eigenvalue weighted by Crippen LogP contribution is 2.30. The Kier molecular flexibility index (Phi) is 5.11. The molecule has 0 saturated carbocycles. The summed E-state index contributed by atoms with van der Waals surface area (Å²) in [4.78, 5) is 37.4. The van der Waals surface area contributed by atoms with Crippen LogP contribution in [0.3, 0.4) is 0 Å². The van der Waals surface area contributed by atoms with Crippen molar-refractivity contribution in [3.63, 3.8) is 0 Å². The van der Waals surface area contributed by atoms with E-state index in [9.17, 15) is 9.59 Å². The Labute approximate surface area is 163 Å². The number of aryl methyl sites for hydroxylation is 1. The molecule has 1 atom stereocenters. The quantitative estimate of drug-likeness (QED) is 0.804. The van der Waals surface area contributed by atoms with Crippen molar-refractivity contribution in [3.8, 4) is 0 Å². The van der Waals surface area contributed by atoms with Crippen LogP contribution in [-0.2, 0) is 24.2 Å². The summed E-state index contributed by atoms with van der Waals surface area (Å²) in [7, 11) is 0. The highest BCUT2D eigenvalue weighted by Gasteiger charge is 2.31. The minimum Gasteiger partial charge on any atom is -0.361 e. The van der Waals surface area contributed by atoms with E-state index in [1.54, 1.807) is 24.1 Å². The number of hydrogen-bond acceptors (Lipinski definition) is 6. The van der Waals surface area contributed by atoms with Crippen LogP contribution in [0.5, 0.6) is 0 Å². The normalized spacial score (nSPS) is 19.0. The Balaban J connectivity index is 1.48. The van der Waals surface area contributed by atoms with Crippen molar-refractivity contribution in [2.45, 2.75) is 58.5 Å². The number of fused-ring (bicyclic) bond motifs is 1. The smallest absolute Gasteiger partial charge is 0.276 e. The maximum Gasteiger partial charge on any atom is 0.276 e. The summed E-state index contributed by atoms with van der Waals surface area (Å²) in [5.41, 5.74) is 2.27. The lowest BCUT2D eigenvalue weighted by Crippen LogP contribution is -2.37. The second-order valence-corrected chi connectivity index (χ2v) is 7.48. The molecule has 28 heavy (non-hydrogen) atoms. The fourth-order valence-electron chi connectivity index (χ4n) is 4.02. The van der Waals surface area contributed by atoms with E-state index >= 15 is 0 Å². The maximum absolute atomic E-state index is 12.7. The average molecular weight is 383 g/mol. The summed E-state index contributed by atoms with van der Waals surface area (Å²) in [6.07, 6.45) is 6.07. The third kappa shape index (κ3) is 3.50. The predicted molar refractivity (Wildman–Crippen MR) is 100 cm³/mol. The number of hydrogen-bond donors (Lipinski definition) is 0. The van der Waals surface area contributed by atoms with E-state index in [2.05, 4.69) is 17.1 Å². The third-order valence-corrected chi connectivity index (χ3v) is 5.47. The molecule has 2 aliphatic heterocycles. The van der Waals surface area contributed by atoms with Crippen LogP contribution in [-0.4, -0.2) is 49.8 Å². The van der Waals surface area contributed by atoms with E-state index in [0.717, 1.165) is 49.2 Å². The number of nitrogens with zero attached hydrogens (tertiary/aromatic N) is 5. The van der Waals surface area contributed by atoms with Gasteiger partial charge in [0.1, 0.15) is 5.76 Å². The zero-order valence-corrected chi connectivity index (χ0v) is 16.3. The minimum atomic E-state index is -0.126. The molecule has 0 aromatic carbocycles. The van der Waals surface area contributed by atoms with Crippen LogP contribution in [0.25, 0.3) is 0 Å². The molecular weight excluding hydrogens is 358 g/mol. The van der Waals surface area contributed by atoms with Crippen molar-refractivity contribution in [3.05, 3.63) is 40.8 Å². The topological polar surface area (TPSA) is 92.4 Å². The van der Waals surface area contributed by atoms with Crippen LogP contribution >= 0.6 is 0 Å². The molecule has 0 aliphatic carbocycles. The van der Waals surface area contributed by atoms with Gasteiger partial charge in [-0.1, -0.05) is 12.1 Å². The van der Waals surface area contributed by atoms with E-state index in [-0.39, 0.29) is 17.9 Å². The first-order valence-corrected chi connectivity index (χ1v) is 9.93. The molecule has 2 aromatic rings. The molecule has 1 unspecified atom stereocenters. The molecule has 8 nitrogen and oxygen atoms in total. The first kappa shape index (κ1) is 18.6. The maximum atomic E-state index is 12.7. The molecule has 0 bridgehead atoms. The fourth-order valence-corrected chi connectivity index (χ4v) is 4.02. The van der Waals surface area contributed by atoms with Crippen molar-refractivity contribution >= 4 is 11.8 Å². The van der Waals surface area contributed by atoms with Gasteiger partial charge in [-0.2, -0.15) is 0 Å². The zero-order chi connectivity index (χ0) is 19.7. The Bertz CT molecular complexity index is 894. The van der Waals surface area contributed by atoms with Crippen molar-refractivity contribution in [2.75, 3.05) is 13.1 Å². The van der Waals surface area contributed by atoms with E-state index < -0.39 is 0 Å². The van der Waals surface area contributed by atoms with Crippen LogP contribution in [0.4, 0.5) is 0 Å². The summed E-state index contributed by atoms with van der Waals surface area (Å²) in [6.45, 7) is 5.46. The zero-order valence-electron chi connectivity index (χ0n) is 16.3. The molecule has 2 amide bonds. The summed E-state index contributed by atoms with van der Waals surface area (Å²) >= 11 is 0. The average Bonchev–Trinajstić information content (AvgIpc) is 3.36. The standard InChI is InChI=1S/C20H25N5O3/c1-3-5-15-10-17(23-28-15)20(27)24-9-7-16-14(12-24)11-21-19(22-16)18-6-4-8-25(18)13(2)26/h10-11,18H,3-9,12H2,1-2H3. The van der Waals surface area contributed by atoms with Gasteiger partial charge in [0.2, 0.25) is 5.91 Å². The van der Waals surface area contributed by atoms with Crippen molar-refractivity contribution < 1.29 is 14.1 Å². The van der Waals surface area contributed by atoms with Gasteiger partial charge in [-0.3, -0.25) is 9.59 Å². The number of likely N-dealkylation sites (tertiary alicyclic amines) is 1. The summed E-state index contributed by atoms with van der Waals surface area (Å²) in [5.74, 6) is 1.39. The molecule has 0 N–H and O–H groups in total. The molecule has 8 heteroatoms. The van der Waals surface area contributed by atoms with Crippen molar-refractivity contribution in [1.29, 1.82) is 0 Å². The van der Waals surface area contributed by atoms with Gasteiger partial charge in [-0.05, 0) is 19.3 Å². The van der Waals surface area contributed by atoms with Crippen LogP contribution in [0.15, 0.2) is 16.8 Å². The first-order chi connectivity index (χ1) is 13.6. The molecule has 0 radical (unpaired) electrons. The van der Waals surface area contributed by atoms with Gasteiger partial charge in [-0.25, -0.2) is 9.97 Å². The lowest BCUT2D eigenvalue weighted by Gasteiger charge is -2.28. The van der Waals surface area contributed by atoms with Crippen molar-refractivity contribution in [1.82, 2.24) is 24.9 Å². The van der Waals surface area contributed by atoms with Gasteiger partial charge in [0.05, 0.1) is 11.7 Å². The van der Waals surface area contributed by atoms with Gasteiger partial charge in [0.25, 0.3) is 5.91 Å². The first-order valence-electron chi connectivity index (χ1n) is 9.93. The summed E-state index contributed by atoms with van der Waals surface area (Å²) < 4.78 is 5.23. The van der Waals surface area contributed by atoms with Gasteiger partial charge in [0.15, 0.2) is 11.5 Å². The highest BCUT2D eigenvalue weighted by molar-refractivity contribution is 5.92. The summed E-state index contributed by atoms with van der Waals surface area (Å²) in [6, 6.07) is 1.70. The highest BCUT2D eigenvalue weighted by atomic mass is 16.5. The fraction of sp³-hybridized carbons (Fsp3) is 0.550. The van der Waals surface area contributed by atoms with Gasteiger partial charge < -0.3 is 14.3 Å². The van der Waals surface area contributed by atoms with E-state index in [0.29, 0.717) is 31.0 Å². The number of carbonyl (C=O) groups excluding carboxylic acids is 2. The number of aromatic nitrogens is 3. The van der Waals surface area contributed by atoms with E-state index in [1.165, 1.54) is 0 Å². The molecular formula is C20H25N5O3.